The maximum absolute atomic E-state index is 12.0. The first-order valence-electron chi connectivity index (χ1n) is 5.48. The van der Waals surface area contributed by atoms with E-state index in [0.717, 1.165) is 10.5 Å². The van der Waals surface area contributed by atoms with Crippen LogP contribution in [0.5, 0.6) is 5.75 Å². The van der Waals surface area contributed by atoms with Crippen LogP contribution in [0.4, 0.5) is 10.5 Å². The first-order valence-corrected chi connectivity index (χ1v) is 5.48. The van der Waals surface area contributed by atoms with Crippen molar-refractivity contribution in [2.45, 2.75) is 13.0 Å². The molecule has 0 unspecified atom stereocenters. The molecule has 6 heteroatoms. The van der Waals surface area contributed by atoms with Crippen LogP contribution in [-0.2, 0) is 4.79 Å². The van der Waals surface area contributed by atoms with Gasteiger partial charge in [0.2, 0.25) is 0 Å². The topological polar surface area (TPSA) is 78.9 Å². The number of urea groups is 1. The molecule has 0 bridgehead atoms. The van der Waals surface area contributed by atoms with Gasteiger partial charge in [-0.1, -0.05) is 6.07 Å². The second-order valence-electron chi connectivity index (χ2n) is 4.03. The van der Waals surface area contributed by atoms with E-state index in [2.05, 4.69) is 5.32 Å². The van der Waals surface area contributed by atoms with Crippen LogP contribution >= 0.6 is 0 Å². The van der Waals surface area contributed by atoms with Gasteiger partial charge in [-0.25, -0.2) is 9.69 Å². The molecule has 1 aromatic carbocycles. The first-order chi connectivity index (χ1) is 8.58. The number of amides is 3. The molecule has 0 aliphatic carbocycles. The van der Waals surface area contributed by atoms with Crippen molar-refractivity contribution in [1.29, 1.82) is 0 Å². The second kappa shape index (κ2) is 4.66. The fourth-order valence-corrected chi connectivity index (χ4v) is 1.86. The van der Waals surface area contributed by atoms with E-state index >= 15 is 0 Å². The summed E-state index contributed by atoms with van der Waals surface area (Å²) in [5, 5.41) is 11.4. The van der Waals surface area contributed by atoms with Crippen molar-refractivity contribution in [1.82, 2.24) is 5.32 Å². The van der Waals surface area contributed by atoms with Gasteiger partial charge in [-0.15, -0.1) is 0 Å². The third-order valence-corrected chi connectivity index (χ3v) is 2.78. The number of hydrogen-bond donors (Lipinski definition) is 2. The number of aliphatic hydroxyl groups excluding tert-OH is 1. The number of imide groups is 1. The summed E-state index contributed by atoms with van der Waals surface area (Å²) in [4.78, 5) is 24.7. The van der Waals surface area contributed by atoms with Crippen molar-refractivity contribution in [3.63, 3.8) is 0 Å². The zero-order valence-corrected chi connectivity index (χ0v) is 10.1. The van der Waals surface area contributed by atoms with E-state index in [9.17, 15) is 9.59 Å². The number of rotatable bonds is 3. The fourth-order valence-electron chi connectivity index (χ4n) is 1.86. The molecule has 1 saturated heterocycles. The summed E-state index contributed by atoms with van der Waals surface area (Å²) in [5.74, 6) is -0.0471. The van der Waals surface area contributed by atoms with Crippen LogP contribution in [0.1, 0.15) is 5.56 Å². The van der Waals surface area contributed by atoms with Crippen molar-refractivity contribution in [2.75, 3.05) is 18.6 Å². The Bertz CT molecular complexity index is 501. The standard InChI is InChI=1S/C12H14N2O4/c1-7-3-4-10(18-2)9(5-7)14-11(16)8(6-15)13-12(14)17/h3-5,8,15H,6H2,1-2H3,(H,13,17)/t8-/m1/s1. The molecule has 2 rings (SSSR count). The highest BCUT2D eigenvalue weighted by Crippen LogP contribution is 2.31. The summed E-state index contributed by atoms with van der Waals surface area (Å²) in [5.41, 5.74) is 1.29. The number of anilines is 1. The molecule has 1 heterocycles. The van der Waals surface area contributed by atoms with E-state index in [1.165, 1.54) is 7.11 Å². The Morgan fingerprint density at radius 3 is 2.72 bits per heavy atom. The number of nitrogens with one attached hydrogen (secondary N) is 1. The Kier molecular flexibility index (Phi) is 3.20. The van der Waals surface area contributed by atoms with Crippen molar-refractivity contribution < 1.29 is 19.4 Å². The Labute approximate surface area is 104 Å². The largest absolute Gasteiger partial charge is 0.495 e. The van der Waals surface area contributed by atoms with Gasteiger partial charge in [-0.05, 0) is 24.6 Å². The lowest BCUT2D eigenvalue weighted by Gasteiger charge is -2.17. The lowest BCUT2D eigenvalue weighted by molar-refractivity contribution is -0.119. The maximum Gasteiger partial charge on any atom is 0.329 e. The number of hydrogen-bond acceptors (Lipinski definition) is 4. The van der Waals surface area contributed by atoms with Crippen molar-refractivity contribution >= 4 is 17.6 Å². The average molecular weight is 250 g/mol. The molecule has 1 aromatic rings. The minimum absolute atomic E-state index is 0.385. The normalized spacial score (nSPS) is 19.1. The van der Waals surface area contributed by atoms with E-state index in [0.29, 0.717) is 11.4 Å². The molecule has 0 spiro atoms. The Balaban J connectivity index is 2.45. The quantitative estimate of drug-likeness (QED) is 0.762. The van der Waals surface area contributed by atoms with Gasteiger partial charge >= 0.3 is 6.03 Å². The van der Waals surface area contributed by atoms with Crippen LogP contribution in [0, 0.1) is 6.92 Å². The monoisotopic (exact) mass is 250 g/mol. The van der Waals surface area contributed by atoms with Gasteiger partial charge in [0.1, 0.15) is 11.8 Å². The molecule has 1 aliphatic rings. The number of carbonyl (C=O) groups is 2. The molecular weight excluding hydrogens is 236 g/mol. The summed E-state index contributed by atoms with van der Waals surface area (Å²) < 4.78 is 5.14. The molecule has 1 aliphatic heterocycles. The summed E-state index contributed by atoms with van der Waals surface area (Å²) in [6.07, 6.45) is 0. The van der Waals surface area contributed by atoms with Gasteiger partial charge in [-0.2, -0.15) is 0 Å². The zero-order valence-electron chi connectivity index (χ0n) is 10.1. The zero-order chi connectivity index (χ0) is 13.3. The minimum atomic E-state index is -0.886. The second-order valence-corrected chi connectivity index (χ2v) is 4.03. The molecule has 1 fully saturated rings. The predicted molar refractivity (Wildman–Crippen MR) is 64.6 cm³/mol. The van der Waals surface area contributed by atoms with Gasteiger partial charge < -0.3 is 15.2 Å². The van der Waals surface area contributed by atoms with Crippen LogP contribution in [0.15, 0.2) is 18.2 Å². The average Bonchev–Trinajstić information content (AvgIpc) is 2.64. The smallest absolute Gasteiger partial charge is 0.329 e. The van der Waals surface area contributed by atoms with E-state index in [4.69, 9.17) is 9.84 Å². The van der Waals surface area contributed by atoms with Crippen LogP contribution in [-0.4, -0.2) is 36.8 Å². The molecular formula is C12H14N2O4. The number of nitrogens with zero attached hydrogens (tertiary/aromatic N) is 1. The van der Waals surface area contributed by atoms with E-state index < -0.39 is 24.6 Å². The Morgan fingerprint density at radius 2 is 2.17 bits per heavy atom. The molecule has 2 N–H and O–H groups in total. The number of benzene rings is 1. The van der Waals surface area contributed by atoms with Crippen LogP contribution in [0.2, 0.25) is 0 Å². The van der Waals surface area contributed by atoms with Crippen molar-refractivity contribution in [3.05, 3.63) is 23.8 Å². The number of carbonyl (C=O) groups excluding carboxylic acids is 2. The summed E-state index contributed by atoms with van der Waals surface area (Å²) in [6, 6.07) is 3.77. The van der Waals surface area contributed by atoms with Gasteiger partial charge in [0.15, 0.2) is 0 Å². The lowest BCUT2D eigenvalue weighted by atomic mass is 10.2. The van der Waals surface area contributed by atoms with Crippen LogP contribution in [0.25, 0.3) is 0 Å². The fraction of sp³-hybridized carbons (Fsp3) is 0.333. The highest BCUT2D eigenvalue weighted by molar-refractivity contribution is 6.22. The van der Waals surface area contributed by atoms with Gasteiger partial charge in [-0.3, -0.25) is 4.79 Å². The minimum Gasteiger partial charge on any atom is -0.495 e. The van der Waals surface area contributed by atoms with Crippen molar-refractivity contribution in [3.8, 4) is 5.75 Å². The molecule has 3 amide bonds. The molecule has 0 aromatic heterocycles. The number of aliphatic hydroxyl groups is 1. The Morgan fingerprint density at radius 1 is 1.44 bits per heavy atom. The first kappa shape index (κ1) is 12.4. The Hall–Kier alpha value is -2.08. The SMILES string of the molecule is COc1ccc(C)cc1N1C(=O)N[C@H](CO)C1=O. The van der Waals surface area contributed by atoms with Crippen LogP contribution < -0.4 is 15.0 Å². The third-order valence-electron chi connectivity index (χ3n) is 2.78. The number of ether oxygens (including phenoxy) is 1. The van der Waals surface area contributed by atoms with E-state index in [1.54, 1.807) is 12.1 Å². The predicted octanol–water partition coefficient (Wildman–Crippen LogP) is 0.421. The number of methoxy groups -OCH3 is 1. The number of aryl methyl sites for hydroxylation is 1. The molecule has 96 valence electrons. The maximum atomic E-state index is 12.0. The molecule has 18 heavy (non-hydrogen) atoms. The summed E-state index contributed by atoms with van der Waals surface area (Å²) >= 11 is 0. The highest BCUT2D eigenvalue weighted by atomic mass is 16.5. The summed E-state index contributed by atoms with van der Waals surface area (Å²) in [7, 11) is 1.47. The van der Waals surface area contributed by atoms with Gasteiger partial charge in [0.05, 0.1) is 19.4 Å². The summed E-state index contributed by atoms with van der Waals surface area (Å²) in [6.45, 7) is 1.43. The molecule has 1 atom stereocenters. The van der Waals surface area contributed by atoms with E-state index in [-0.39, 0.29) is 0 Å². The molecule has 6 nitrogen and oxygen atoms in total. The molecule has 0 saturated carbocycles. The van der Waals surface area contributed by atoms with Gasteiger partial charge in [0.25, 0.3) is 5.91 Å². The highest BCUT2D eigenvalue weighted by Gasteiger charge is 2.39. The van der Waals surface area contributed by atoms with Crippen LogP contribution in [0.3, 0.4) is 0 Å². The van der Waals surface area contributed by atoms with E-state index in [1.807, 2.05) is 13.0 Å². The van der Waals surface area contributed by atoms with Gasteiger partial charge in [0, 0.05) is 0 Å². The third kappa shape index (κ3) is 1.91. The van der Waals surface area contributed by atoms with Crippen molar-refractivity contribution in [2.24, 2.45) is 0 Å². The molecule has 0 radical (unpaired) electrons. The lowest BCUT2D eigenvalue weighted by Crippen LogP contribution is -2.33.